The molecule has 2 aromatic heterocycles. The zero-order chi connectivity index (χ0) is 23.5. The van der Waals surface area contributed by atoms with Crippen molar-refractivity contribution in [1.82, 2.24) is 20.2 Å². The summed E-state index contributed by atoms with van der Waals surface area (Å²) in [6, 6.07) is 15.6. The van der Waals surface area contributed by atoms with Gasteiger partial charge < -0.3 is 25.3 Å². The predicted molar refractivity (Wildman–Crippen MR) is 128 cm³/mol. The predicted octanol–water partition coefficient (Wildman–Crippen LogP) is 3.09. The fraction of sp³-hybridized carbons (Fsp3) is 0.280. The molecule has 0 aliphatic carbocycles. The van der Waals surface area contributed by atoms with Gasteiger partial charge in [0.1, 0.15) is 0 Å². The summed E-state index contributed by atoms with van der Waals surface area (Å²) in [5.41, 5.74) is 9.99. The molecule has 3 N–H and O–H groups in total. The van der Waals surface area contributed by atoms with Crippen LogP contribution in [0, 0.1) is 0 Å². The van der Waals surface area contributed by atoms with E-state index in [4.69, 9.17) is 19.9 Å². The van der Waals surface area contributed by atoms with Crippen molar-refractivity contribution in [3.05, 3.63) is 89.8 Å². The van der Waals surface area contributed by atoms with Crippen LogP contribution < -0.4 is 25.3 Å². The van der Waals surface area contributed by atoms with Crippen LogP contribution in [0.3, 0.4) is 0 Å². The number of pyridine rings is 2. The average molecular weight is 450 g/mol. The molecule has 8 nitrogen and oxygen atoms in total. The van der Waals surface area contributed by atoms with Gasteiger partial charge in [0.05, 0.1) is 32.7 Å². The van der Waals surface area contributed by atoms with Gasteiger partial charge in [0.15, 0.2) is 11.5 Å². The van der Waals surface area contributed by atoms with E-state index in [0.29, 0.717) is 49.1 Å². The number of benzene rings is 1. The summed E-state index contributed by atoms with van der Waals surface area (Å²) in [6.45, 7) is 2.45. The van der Waals surface area contributed by atoms with E-state index in [0.717, 1.165) is 17.0 Å². The molecule has 0 atom stereocenters. The molecule has 0 saturated carbocycles. The first-order chi connectivity index (χ1) is 16.1. The average Bonchev–Trinajstić information content (AvgIpc) is 2.84. The Balaban J connectivity index is 1.66. The molecule has 0 saturated heterocycles. The normalized spacial score (nSPS) is 11.3. The highest BCUT2D eigenvalue weighted by Crippen LogP contribution is 2.38. The number of ether oxygens (including phenoxy) is 3. The summed E-state index contributed by atoms with van der Waals surface area (Å²) < 4.78 is 16.2. The Morgan fingerprint density at radius 3 is 1.94 bits per heavy atom. The number of hydrogen-bond acceptors (Lipinski definition) is 8. The van der Waals surface area contributed by atoms with Crippen LogP contribution in [-0.2, 0) is 19.6 Å². The molecule has 0 spiro atoms. The van der Waals surface area contributed by atoms with Crippen LogP contribution in [0.15, 0.2) is 72.8 Å². The standard InChI is InChI=1S/C25H31N5O3/c1-31-23-12-19(13-24(32-2)25(23)33-3)14-27-15-20(26)16-30(17-21-8-4-6-10-28-21)18-22-9-5-7-11-29-22/h4-13,15,27H,14,16-18,26H2,1-3H3/b20-15-. The summed E-state index contributed by atoms with van der Waals surface area (Å²) in [5, 5.41) is 3.28. The second-order valence-electron chi connectivity index (χ2n) is 7.42. The molecule has 0 bridgehead atoms. The van der Waals surface area contributed by atoms with Gasteiger partial charge in [-0.1, -0.05) is 12.1 Å². The lowest BCUT2D eigenvalue weighted by atomic mass is 10.2. The van der Waals surface area contributed by atoms with Crippen molar-refractivity contribution in [2.75, 3.05) is 27.9 Å². The van der Waals surface area contributed by atoms with Crippen molar-refractivity contribution in [3.63, 3.8) is 0 Å². The van der Waals surface area contributed by atoms with E-state index < -0.39 is 0 Å². The molecule has 0 aliphatic rings. The minimum Gasteiger partial charge on any atom is -0.493 e. The Morgan fingerprint density at radius 2 is 1.48 bits per heavy atom. The smallest absolute Gasteiger partial charge is 0.203 e. The third-order valence-corrected chi connectivity index (χ3v) is 4.95. The van der Waals surface area contributed by atoms with Gasteiger partial charge >= 0.3 is 0 Å². The van der Waals surface area contributed by atoms with Gasteiger partial charge in [-0.2, -0.15) is 0 Å². The largest absolute Gasteiger partial charge is 0.493 e. The third-order valence-electron chi connectivity index (χ3n) is 4.95. The quantitative estimate of drug-likeness (QED) is 0.436. The summed E-state index contributed by atoms with van der Waals surface area (Å²) in [5.74, 6) is 1.79. The molecule has 0 unspecified atom stereocenters. The Bertz CT molecular complexity index is 962. The van der Waals surface area contributed by atoms with E-state index in [1.165, 1.54) is 0 Å². The number of rotatable bonds is 12. The number of hydrogen-bond donors (Lipinski definition) is 2. The highest BCUT2D eigenvalue weighted by atomic mass is 16.5. The summed E-state index contributed by atoms with van der Waals surface area (Å²) in [6.07, 6.45) is 5.42. The molecule has 33 heavy (non-hydrogen) atoms. The molecule has 3 rings (SSSR count). The number of methoxy groups -OCH3 is 3. The number of nitrogens with one attached hydrogen (secondary N) is 1. The zero-order valence-corrected chi connectivity index (χ0v) is 19.3. The van der Waals surface area contributed by atoms with Gasteiger partial charge in [0, 0.05) is 50.5 Å². The maximum Gasteiger partial charge on any atom is 0.203 e. The lowest BCUT2D eigenvalue weighted by Gasteiger charge is -2.22. The second-order valence-corrected chi connectivity index (χ2v) is 7.42. The van der Waals surface area contributed by atoms with Crippen LogP contribution in [0.1, 0.15) is 17.0 Å². The van der Waals surface area contributed by atoms with Gasteiger partial charge in [-0.25, -0.2) is 0 Å². The molecule has 0 amide bonds. The van der Waals surface area contributed by atoms with Gasteiger partial charge in [-0.05, 0) is 42.0 Å². The van der Waals surface area contributed by atoms with Crippen LogP contribution in [0.5, 0.6) is 17.2 Å². The van der Waals surface area contributed by atoms with Crippen molar-refractivity contribution in [3.8, 4) is 17.2 Å². The zero-order valence-electron chi connectivity index (χ0n) is 19.3. The summed E-state index contributed by atoms with van der Waals surface area (Å²) in [7, 11) is 4.79. The third kappa shape index (κ3) is 7.11. The lowest BCUT2D eigenvalue weighted by Crippen LogP contribution is -2.29. The molecule has 2 heterocycles. The molecule has 174 valence electrons. The Labute approximate surface area is 195 Å². The molecule has 0 fully saturated rings. The SMILES string of the molecule is COc1cc(CN/C=C(\N)CN(Cc2ccccn2)Cc2ccccn2)cc(OC)c1OC. The second kappa shape index (κ2) is 12.3. The molecular weight excluding hydrogens is 418 g/mol. The fourth-order valence-electron chi connectivity index (χ4n) is 3.45. The highest BCUT2D eigenvalue weighted by Gasteiger charge is 2.13. The first-order valence-electron chi connectivity index (χ1n) is 10.6. The number of aromatic nitrogens is 2. The van der Waals surface area contributed by atoms with Crippen molar-refractivity contribution < 1.29 is 14.2 Å². The minimum atomic E-state index is 0.553. The molecular formula is C25H31N5O3. The van der Waals surface area contributed by atoms with E-state index in [1.807, 2.05) is 54.7 Å². The summed E-state index contributed by atoms with van der Waals surface area (Å²) >= 11 is 0. The topological polar surface area (TPSA) is 94.8 Å². The van der Waals surface area contributed by atoms with Gasteiger partial charge in [0.25, 0.3) is 0 Å². The van der Waals surface area contributed by atoms with Crippen LogP contribution in [-0.4, -0.2) is 42.7 Å². The van der Waals surface area contributed by atoms with Crippen LogP contribution in [0.2, 0.25) is 0 Å². The summed E-state index contributed by atoms with van der Waals surface area (Å²) in [4.78, 5) is 11.1. The Hall–Kier alpha value is -3.78. The van der Waals surface area contributed by atoms with Crippen molar-refractivity contribution in [2.45, 2.75) is 19.6 Å². The maximum atomic E-state index is 6.35. The lowest BCUT2D eigenvalue weighted by molar-refractivity contribution is 0.271. The molecule has 0 aliphatic heterocycles. The molecule has 3 aromatic rings. The first kappa shape index (κ1) is 23.9. The van der Waals surface area contributed by atoms with Crippen LogP contribution in [0.25, 0.3) is 0 Å². The van der Waals surface area contributed by atoms with Crippen molar-refractivity contribution in [1.29, 1.82) is 0 Å². The van der Waals surface area contributed by atoms with Gasteiger partial charge in [0.2, 0.25) is 5.75 Å². The number of nitrogens with two attached hydrogens (primary N) is 1. The highest BCUT2D eigenvalue weighted by molar-refractivity contribution is 5.53. The van der Waals surface area contributed by atoms with Gasteiger partial charge in [-0.15, -0.1) is 0 Å². The molecule has 0 radical (unpaired) electrons. The monoisotopic (exact) mass is 449 g/mol. The Morgan fingerprint density at radius 1 is 0.909 bits per heavy atom. The number of nitrogens with zero attached hydrogens (tertiary/aromatic N) is 3. The van der Waals surface area contributed by atoms with Crippen molar-refractivity contribution >= 4 is 0 Å². The van der Waals surface area contributed by atoms with E-state index >= 15 is 0 Å². The van der Waals surface area contributed by atoms with E-state index in [2.05, 4.69) is 20.2 Å². The molecule has 1 aromatic carbocycles. The first-order valence-corrected chi connectivity index (χ1v) is 10.6. The Kier molecular flexibility index (Phi) is 8.90. The van der Waals surface area contributed by atoms with E-state index in [1.54, 1.807) is 33.7 Å². The van der Waals surface area contributed by atoms with E-state index in [9.17, 15) is 0 Å². The van der Waals surface area contributed by atoms with Crippen LogP contribution >= 0.6 is 0 Å². The van der Waals surface area contributed by atoms with Gasteiger partial charge in [-0.3, -0.25) is 14.9 Å². The van der Waals surface area contributed by atoms with E-state index in [-0.39, 0.29) is 0 Å². The maximum absolute atomic E-state index is 6.35. The van der Waals surface area contributed by atoms with Crippen LogP contribution in [0.4, 0.5) is 0 Å². The minimum absolute atomic E-state index is 0.553. The molecule has 8 heteroatoms. The fourth-order valence-corrected chi connectivity index (χ4v) is 3.45. The van der Waals surface area contributed by atoms with Crippen molar-refractivity contribution in [2.24, 2.45) is 5.73 Å².